The van der Waals surface area contributed by atoms with E-state index >= 15 is 0 Å². The summed E-state index contributed by atoms with van der Waals surface area (Å²) >= 11 is 2.28. The van der Waals surface area contributed by atoms with Crippen molar-refractivity contribution in [1.82, 2.24) is 9.97 Å². The maximum Gasteiger partial charge on any atom is 0.141 e. The maximum atomic E-state index is 5.82. The number of anilines is 3. The highest BCUT2D eigenvalue weighted by atomic mass is 127. The first-order valence-electron chi connectivity index (χ1n) is 5.75. The lowest BCUT2D eigenvalue weighted by atomic mass is 10.2. The summed E-state index contributed by atoms with van der Waals surface area (Å²) in [6.07, 6.45) is 1.55. The predicted octanol–water partition coefficient (Wildman–Crippen LogP) is 3.56. The molecule has 4 nitrogen and oxygen atoms in total. The van der Waals surface area contributed by atoms with Gasteiger partial charge in [0, 0.05) is 20.3 Å². The van der Waals surface area contributed by atoms with Crippen molar-refractivity contribution in [1.29, 1.82) is 0 Å². The van der Waals surface area contributed by atoms with Crippen LogP contribution in [0.3, 0.4) is 0 Å². The number of rotatable bonds is 2. The summed E-state index contributed by atoms with van der Waals surface area (Å²) in [5.74, 6) is 0.763. The fourth-order valence-electron chi connectivity index (χ4n) is 1.84. The smallest absolute Gasteiger partial charge is 0.141 e. The van der Waals surface area contributed by atoms with Crippen LogP contribution in [0.2, 0.25) is 0 Å². The van der Waals surface area contributed by atoms with Crippen LogP contribution in [0.1, 0.15) is 0 Å². The van der Waals surface area contributed by atoms with Crippen LogP contribution in [0.5, 0.6) is 0 Å². The number of nitrogens with one attached hydrogen (secondary N) is 1. The summed E-state index contributed by atoms with van der Waals surface area (Å²) < 4.78 is 1.19. The molecule has 0 fully saturated rings. The molecule has 0 amide bonds. The first-order chi connectivity index (χ1) is 9.22. The molecule has 0 unspecified atom stereocenters. The quantitative estimate of drug-likeness (QED) is 0.541. The first kappa shape index (κ1) is 12.2. The average molecular weight is 362 g/mol. The Morgan fingerprint density at radius 2 is 1.79 bits per heavy atom. The van der Waals surface area contributed by atoms with E-state index in [2.05, 4.69) is 37.9 Å². The molecule has 19 heavy (non-hydrogen) atoms. The molecular weight excluding hydrogens is 351 g/mol. The van der Waals surface area contributed by atoms with Crippen LogP contribution in [0.25, 0.3) is 10.9 Å². The van der Waals surface area contributed by atoms with Crippen molar-refractivity contribution in [2.75, 3.05) is 11.1 Å². The van der Waals surface area contributed by atoms with E-state index in [1.54, 1.807) is 6.33 Å². The molecule has 0 aliphatic rings. The molecule has 1 aromatic heterocycles. The Morgan fingerprint density at radius 1 is 1.00 bits per heavy atom. The lowest BCUT2D eigenvalue weighted by Gasteiger charge is -2.08. The van der Waals surface area contributed by atoms with Crippen molar-refractivity contribution in [2.24, 2.45) is 0 Å². The standard InChI is InChI=1S/C14H11IN4/c15-9-1-4-11(5-2-9)19-14-12-7-10(16)3-6-13(12)17-8-18-14/h1-8H,16H2,(H,17,18,19). The van der Waals surface area contributed by atoms with Crippen LogP contribution >= 0.6 is 22.6 Å². The maximum absolute atomic E-state index is 5.82. The third-order valence-electron chi connectivity index (χ3n) is 2.77. The Morgan fingerprint density at radius 3 is 2.58 bits per heavy atom. The van der Waals surface area contributed by atoms with Gasteiger partial charge in [0.25, 0.3) is 0 Å². The molecule has 0 aliphatic carbocycles. The van der Waals surface area contributed by atoms with Crippen molar-refractivity contribution >= 4 is 50.7 Å². The Hall–Kier alpha value is -1.89. The van der Waals surface area contributed by atoms with Gasteiger partial charge < -0.3 is 11.1 Å². The summed E-state index contributed by atoms with van der Waals surface area (Å²) in [7, 11) is 0. The zero-order valence-electron chi connectivity index (χ0n) is 9.97. The number of fused-ring (bicyclic) bond motifs is 1. The SMILES string of the molecule is Nc1ccc2ncnc(Nc3ccc(I)cc3)c2c1. The Bertz CT molecular complexity index is 725. The molecule has 94 valence electrons. The second-order valence-electron chi connectivity index (χ2n) is 4.13. The number of nitrogen functional groups attached to an aromatic ring is 1. The van der Waals surface area contributed by atoms with Crippen LogP contribution in [0.4, 0.5) is 17.2 Å². The molecule has 5 heteroatoms. The fourth-order valence-corrected chi connectivity index (χ4v) is 2.20. The van der Waals surface area contributed by atoms with Gasteiger partial charge in [0.15, 0.2) is 0 Å². The van der Waals surface area contributed by atoms with Gasteiger partial charge in [0.05, 0.1) is 5.52 Å². The molecule has 0 aliphatic heterocycles. The largest absolute Gasteiger partial charge is 0.399 e. The minimum Gasteiger partial charge on any atom is -0.399 e. The number of aromatic nitrogens is 2. The predicted molar refractivity (Wildman–Crippen MR) is 86.4 cm³/mol. The number of nitrogens with zero attached hydrogens (tertiary/aromatic N) is 2. The van der Waals surface area contributed by atoms with Gasteiger partial charge in [-0.15, -0.1) is 0 Å². The van der Waals surface area contributed by atoms with E-state index in [0.717, 1.165) is 22.4 Å². The number of halogens is 1. The molecule has 0 saturated heterocycles. The number of nitrogens with two attached hydrogens (primary N) is 1. The molecule has 0 atom stereocenters. The summed E-state index contributed by atoms with van der Waals surface area (Å²) in [6, 6.07) is 13.7. The topological polar surface area (TPSA) is 63.8 Å². The van der Waals surface area contributed by atoms with Crippen LogP contribution in [-0.2, 0) is 0 Å². The van der Waals surface area contributed by atoms with Crippen LogP contribution in [0.15, 0.2) is 48.8 Å². The van der Waals surface area contributed by atoms with Crippen molar-refractivity contribution in [3.8, 4) is 0 Å². The van der Waals surface area contributed by atoms with Gasteiger partial charge in [0.2, 0.25) is 0 Å². The Kier molecular flexibility index (Phi) is 3.20. The van der Waals surface area contributed by atoms with Crippen molar-refractivity contribution in [3.63, 3.8) is 0 Å². The Labute approximate surface area is 124 Å². The van der Waals surface area contributed by atoms with Gasteiger partial charge in [-0.2, -0.15) is 0 Å². The van der Waals surface area contributed by atoms with E-state index < -0.39 is 0 Å². The van der Waals surface area contributed by atoms with Gasteiger partial charge >= 0.3 is 0 Å². The second kappa shape index (κ2) is 5.00. The van der Waals surface area contributed by atoms with Crippen molar-refractivity contribution < 1.29 is 0 Å². The van der Waals surface area contributed by atoms with Crippen LogP contribution < -0.4 is 11.1 Å². The third kappa shape index (κ3) is 2.60. The normalized spacial score (nSPS) is 10.6. The van der Waals surface area contributed by atoms with Gasteiger partial charge in [-0.1, -0.05) is 0 Å². The van der Waals surface area contributed by atoms with E-state index in [1.807, 2.05) is 42.5 Å². The molecule has 1 heterocycles. The Balaban J connectivity index is 2.05. The van der Waals surface area contributed by atoms with E-state index in [1.165, 1.54) is 3.57 Å². The molecule has 3 N–H and O–H groups in total. The van der Waals surface area contributed by atoms with Crippen molar-refractivity contribution in [3.05, 3.63) is 52.4 Å². The van der Waals surface area contributed by atoms with Gasteiger partial charge in [-0.05, 0) is 65.1 Å². The highest BCUT2D eigenvalue weighted by molar-refractivity contribution is 14.1. The summed E-state index contributed by atoms with van der Waals surface area (Å²) in [4.78, 5) is 8.52. The fraction of sp³-hybridized carbons (Fsp3) is 0. The van der Waals surface area contributed by atoms with Crippen LogP contribution in [-0.4, -0.2) is 9.97 Å². The van der Waals surface area contributed by atoms with E-state index in [9.17, 15) is 0 Å². The summed E-state index contributed by atoms with van der Waals surface area (Å²) in [6.45, 7) is 0. The molecule has 2 aromatic carbocycles. The number of benzene rings is 2. The molecule has 3 aromatic rings. The van der Waals surface area contributed by atoms with E-state index in [0.29, 0.717) is 5.69 Å². The van der Waals surface area contributed by atoms with Gasteiger partial charge in [0.1, 0.15) is 12.1 Å². The van der Waals surface area contributed by atoms with Crippen molar-refractivity contribution in [2.45, 2.75) is 0 Å². The summed E-state index contributed by atoms with van der Waals surface area (Å²) in [5, 5.41) is 4.21. The molecular formula is C14H11IN4. The third-order valence-corrected chi connectivity index (χ3v) is 3.49. The lowest BCUT2D eigenvalue weighted by molar-refractivity contribution is 1.22. The second-order valence-corrected chi connectivity index (χ2v) is 5.38. The minimum atomic E-state index is 0.702. The lowest BCUT2D eigenvalue weighted by Crippen LogP contribution is -1.96. The number of hydrogen-bond acceptors (Lipinski definition) is 4. The van der Waals surface area contributed by atoms with Gasteiger partial charge in [-0.3, -0.25) is 0 Å². The zero-order valence-corrected chi connectivity index (χ0v) is 12.1. The molecule has 0 radical (unpaired) electrons. The zero-order chi connectivity index (χ0) is 13.2. The summed E-state index contributed by atoms with van der Waals surface area (Å²) in [5.41, 5.74) is 8.38. The van der Waals surface area contributed by atoms with E-state index in [4.69, 9.17) is 5.73 Å². The highest BCUT2D eigenvalue weighted by Gasteiger charge is 2.04. The molecule has 3 rings (SSSR count). The monoisotopic (exact) mass is 362 g/mol. The van der Waals surface area contributed by atoms with Gasteiger partial charge in [-0.25, -0.2) is 9.97 Å². The highest BCUT2D eigenvalue weighted by Crippen LogP contribution is 2.24. The average Bonchev–Trinajstić information content (AvgIpc) is 2.42. The molecule has 0 saturated carbocycles. The number of hydrogen-bond donors (Lipinski definition) is 2. The molecule has 0 spiro atoms. The first-order valence-corrected chi connectivity index (χ1v) is 6.83. The molecule has 0 bridgehead atoms. The minimum absolute atomic E-state index is 0.702. The van der Waals surface area contributed by atoms with Crippen LogP contribution in [0, 0.1) is 3.57 Å². The van der Waals surface area contributed by atoms with E-state index in [-0.39, 0.29) is 0 Å².